The van der Waals surface area contributed by atoms with E-state index in [1.54, 1.807) is 11.3 Å². The molecule has 0 atom stereocenters. The maximum atomic E-state index is 10.8. The quantitative estimate of drug-likeness (QED) is 0.0565. The summed E-state index contributed by atoms with van der Waals surface area (Å²) in [6.07, 6.45) is 22.5. The van der Waals surface area contributed by atoms with Crippen molar-refractivity contribution in [2.24, 2.45) is 0 Å². The van der Waals surface area contributed by atoms with Gasteiger partial charge in [0.2, 0.25) is 0 Å². The first kappa shape index (κ1) is 38.1. The molecular weight excluding hydrogens is 699 g/mol. The molecule has 7 heteroatoms. The van der Waals surface area contributed by atoms with Crippen molar-refractivity contribution in [2.75, 3.05) is 6.61 Å². The van der Waals surface area contributed by atoms with E-state index in [1.165, 1.54) is 83.5 Å². The van der Waals surface area contributed by atoms with Crippen LogP contribution in [-0.2, 0) is 0 Å². The molecule has 0 radical (unpaired) electrons. The fourth-order valence-electron chi connectivity index (χ4n) is 7.60. The number of hydrogen-bond donors (Lipinski definition) is 5. The van der Waals surface area contributed by atoms with Gasteiger partial charge in [0, 0.05) is 43.0 Å². The van der Waals surface area contributed by atoms with Crippen LogP contribution in [0, 0.1) is 0 Å². The van der Waals surface area contributed by atoms with E-state index in [2.05, 4.69) is 94.7 Å². The molecule has 7 rings (SSSR count). The predicted octanol–water partition coefficient (Wildman–Crippen LogP) is 9.47. The van der Waals surface area contributed by atoms with Crippen molar-refractivity contribution in [1.29, 1.82) is 0 Å². The van der Waals surface area contributed by atoms with Gasteiger partial charge < -0.3 is 29.9 Å². The van der Waals surface area contributed by atoms with Crippen LogP contribution in [0.5, 0.6) is 17.2 Å². The highest BCUT2D eigenvalue weighted by Crippen LogP contribution is 2.26. The Bertz CT molecular complexity index is 2380. The van der Waals surface area contributed by atoms with Gasteiger partial charge in [-0.2, -0.15) is 0 Å². The minimum atomic E-state index is -0.189. The Kier molecular flexibility index (Phi) is 13.1. The number of rotatable bonds is 18. The summed E-state index contributed by atoms with van der Waals surface area (Å²) >= 11 is 1.76. The molecule has 8 bridgehead atoms. The van der Waals surface area contributed by atoms with E-state index >= 15 is 0 Å². The van der Waals surface area contributed by atoms with Crippen LogP contribution in [0.2, 0.25) is 0 Å². The van der Waals surface area contributed by atoms with Gasteiger partial charge in [0.05, 0.1) is 17.3 Å². The van der Waals surface area contributed by atoms with Crippen LogP contribution in [0.25, 0.3) is 23.3 Å². The highest BCUT2D eigenvalue weighted by atomic mass is 32.1. The third kappa shape index (κ3) is 9.76. The van der Waals surface area contributed by atoms with Gasteiger partial charge in [0.1, 0.15) is 5.75 Å². The van der Waals surface area contributed by atoms with E-state index in [9.17, 15) is 10.2 Å². The molecule has 0 saturated heterocycles. The fraction of sp³-hybridized carbons (Fsp3) is 0.333. The van der Waals surface area contributed by atoms with E-state index < -0.39 is 0 Å². The van der Waals surface area contributed by atoms with E-state index in [0.29, 0.717) is 10.7 Å². The van der Waals surface area contributed by atoms with Gasteiger partial charge >= 0.3 is 0 Å². The average molecular weight is 754 g/mol. The first-order chi connectivity index (χ1) is 27.1. The summed E-state index contributed by atoms with van der Waals surface area (Å²) < 4.78 is 8.47. The maximum absolute atomic E-state index is 10.8. The number of ether oxygens (including phenoxy) is 1. The molecule has 0 saturated carbocycles. The number of thiophene rings is 1. The largest absolute Gasteiger partial charge is 0.503 e. The average Bonchev–Trinajstić information content (AvgIpc) is 4.02. The van der Waals surface area contributed by atoms with Crippen LogP contribution in [0.4, 0.5) is 0 Å². The van der Waals surface area contributed by atoms with Crippen LogP contribution in [0.1, 0.15) is 131 Å². The van der Waals surface area contributed by atoms with E-state index in [1.807, 2.05) is 30.4 Å². The van der Waals surface area contributed by atoms with Crippen LogP contribution in [0.15, 0.2) is 91.0 Å². The lowest BCUT2D eigenvalue weighted by Gasteiger charge is -2.09. The Balaban J connectivity index is 1.08. The lowest BCUT2D eigenvalue weighted by Crippen LogP contribution is -2.10. The fourth-order valence-corrected chi connectivity index (χ4v) is 8.77. The second kappa shape index (κ2) is 18.9. The zero-order valence-corrected chi connectivity index (χ0v) is 32.9. The summed E-state index contributed by atoms with van der Waals surface area (Å²) in [5.41, 5.74) is 7.86. The Labute approximate surface area is 328 Å². The normalized spacial score (nSPS) is 12.5. The molecular formula is C48H55N3O3S. The molecule has 1 aliphatic heterocycles. The minimum Gasteiger partial charge on any atom is -0.503 e. The van der Waals surface area contributed by atoms with E-state index in [-0.39, 0.29) is 11.5 Å². The number of hydrogen-bond acceptors (Lipinski definition) is 4. The lowest BCUT2D eigenvalue weighted by molar-refractivity contribution is 0.304. The molecule has 5 heterocycles. The Hall–Kier alpha value is -5.14. The zero-order chi connectivity index (χ0) is 37.8. The van der Waals surface area contributed by atoms with Crippen molar-refractivity contribution in [1.82, 2.24) is 15.0 Å². The maximum Gasteiger partial charge on any atom is 0.183 e. The third-order valence-corrected chi connectivity index (χ3v) is 11.8. The number of nitrogens with one attached hydrogen (secondary N) is 3. The van der Waals surface area contributed by atoms with E-state index in [4.69, 9.17) is 4.74 Å². The van der Waals surface area contributed by atoms with Crippen molar-refractivity contribution in [2.45, 2.75) is 96.8 Å². The van der Waals surface area contributed by atoms with Crippen molar-refractivity contribution in [3.8, 4) is 17.2 Å². The Morgan fingerprint density at radius 2 is 0.964 bits per heavy atom. The highest BCUT2D eigenvalue weighted by Gasteiger charge is 2.15. The molecule has 0 amide bonds. The summed E-state index contributed by atoms with van der Waals surface area (Å²) in [4.78, 5) is 10.3. The number of fused-ring (bicyclic) bond motifs is 8. The molecule has 0 fully saturated rings. The van der Waals surface area contributed by atoms with Gasteiger partial charge in [-0.25, -0.2) is 0 Å². The SMILES string of the molecule is CCCCCCCCCCCCCCCCOc1ccc(C2=c3ccc(s3)=C(c3ccccc3)c3ccc([nH]3)C=c3[nH]c(c(O)c3O)=Cc3ccc2[nH]3)cc1. The van der Waals surface area contributed by atoms with Gasteiger partial charge in [0.25, 0.3) is 0 Å². The summed E-state index contributed by atoms with van der Waals surface area (Å²) in [7, 11) is 0. The lowest BCUT2D eigenvalue weighted by atomic mass is 10.0. The smallest absolute Gasteiger partial charge is 0.183 e. The molecule has 0 aliphatic carbocycles. The number of aromatic amines is 3. The van der Waals surface area contributed by atoms with Gasteiger partial charge in [-0.15, -0.1) is 11.3 Å². The van der Waals surface area contributed by atoms with Crippen LogP contribution in [0.3, 0.4) is 0 Å². The predicted molar refractivity (Wildman–Crippen MR) is 228 cm³/mol. The second-order valence-corrected chi connectivity index (χ2v) is 15.9. The zero-order valence-electron chi connectivity index (χ0n) is 32.1. The van der Waals surface area contributed by atoms with Crippen molar-refractivity contribution in [3.63, 3.8) is 0 Å². The van der Waals surface area contributed by atoms with Gasteiger partial charge in [0.15, 0.2) is 11.5 Å². The van der Waals surface area contributed by atoms with Gasteiger partial charge in [-0.3, -0.25) is 0 Å². The number of unbranched alkanes of at least 4 members (excludes halogenated alkanes) is 13. The third-order valence-electron chi connectivity index (χ3n) is 10.6. The van der Waals surface area contributed by atoms with Gasteiger partial charge in [-0.1, -0.05) is 133 Å². The summed E-state index contributed by atoms with van der Waals surface area (Å²) in [6, 6.07) is 31.4. The Morgan fingerprint density at radius 1 is 0.491 bits per heavy atom. The highest BCUT2D eigenvalue weighted by molar-refractivity contribution is 7.08. The molecule has 6 nitrogen and oxygen atoms in total. The molecule has 0 unspecified atom stereocenters. The first-order valence-corrected chi connectivity index (χ1v) is 21.2. The topological polar surface area (TPSA) is 97.1 Å². The van der Waals surface area contributed by atoms with E-state index in [0.717, 1.165) is 72.9 Å². The van der Waals surface area contributed by atoms with Crippen LogP contribution >= 0.6 is 11.3 Å². The minimum absolute atomic E-state index is 0.188. The van der Waals surface area contributed by atoms with Crippen LogP contribution < -0.4 is 24.5 Å². The number of benzene rings is 2. The van der Waals surface area contributed by atoms with Crippen molar-refractivity contribution < 1.29 is 14.9 Å². The number of aromatic nitrogens is 3. The molecule has 2 aromatic carbocycles. The molecule has 6 aromatic rings. The molecule has 1 aliphatic rings. The molecule has 4 aromatic heterocycles. The number of aromatic hydroxyl groups is 2. The van der Waals surface area contributed by atoms with Crippen molar-refractivity contribution >= 4 is 34.6 Å². The molecule has 5 N–H and O–H groups in total. The summed E-state index contributed by atoms with van der Waals surface area (Å²) in [5, 5.41) is 22.5. The van der Waals surface area contributed by atoms with Gasteiger partial charge in [-0.05, 0) is 78.2 Å². The molecule has 55 heavy (non-hydrogen) atoms. The monoisotopic (exact) mass is 753 g/mol. The van der Waals surface area contributed by atoms with Crippen LogP contribution in [-0.4, -0.2) is 31.8 Å². The first-order valence-electron chi connectivity index (χ1n) is 20.4. The molecule has 286 valence electrons. The number of H-pyrrole nitrogens is 3. The second-order valence-electron chi connectivity index (χ2n) is 14.8. The molecule has 0 spiro atoms. The summed E-state index contributed by atoms with van der Waals surface area (Å²) in [5.74, 6) is 0.509. The standard InChI is InChI=1S/C48H55N3O3S/c1-2-3-4-5-6-7-8-9-10-11-12-13-14-18-31-54-38-25-21-35(22-26-38)46-40-28-24-37(50-40)33-42-48(53)47(52)41(51-42)32-36-23-27-39(49-36)45(34-19-16-15-17-20-34)43-29-30-44(46)55-43/h15-17,19-30,32-33,49-53H,2-14,18,31H2,1H3. The van der Waals surface area contributed by atoms with Crippen molar-refractivity contribution in [3.05, 3.63) is 145 Å². The summed E-state index contributed by atoms with van der Waals surface area (Å²) in [6.45, 7) is 3.02. The Morgan fingerprint density at radius 3 is 1.47 bits per heavy atom.